The summed E-state index contributed by atoms with van der Waals surface area (Å²) in [6.07, 6.45) is 5.82. The van der Waals surface area contributed by atoms with E-state index in [1.54, 1.807) is 13.2 Å². The highest BCUT2D eigenvalue weighted by Crippen LogP contribution is 2.27. The Morgan fingerprint density at radius 3 is 2.89 bits per heavy atom. The first-order valence-electron chi connectivity index (χ1n) is 6.08. The van der Waals surface area contributed by atoms with Gasteiger partial charge in [-0.1, -0.05) is 0 Å². The molecule has 1 aliphatic rings. The van der Waals surface area contributed by atoms with Crippen LogP contribution in [0.25, 0.3) is 0 Å². The highest BCUT2D eigenvalue weighted by atomic mass is 16.5. The van der Waals surface area contributed by atoms with Gasteiger partial charge in [0.25, 0.3) is 0 Å². The maximum Gasteiger partial charge on any atom is 0.237 e. The molecule has 0 spiro atoms. The molecule has 1 heterocycles. The van der Waals surface area contributed by atoms with E-state index in [1.165, 1.54) is 6.20 Å². The lowest BCUT2D eigenvalue weighted by atomic mass is 9.95. The summed E-state index contributed by atoms with van der Waals surface area (Å²) in [7, 11) is 1.72. The Kier molecular flexibility index (Phi) is 4.00. The maximum absolute atomic E-state index is 8.74. The summed E-state index contributed by atoms with van der Waals surface area (Å²) >= 11 is 0. The van der Waals surface area contributed by atoms with E-state index in [2.05, 4.69) is 4.98 Å². The maximum atomic E-state index is 8.74. The van der Waals surface area contributed by atoms with Gasteiger partial charge in [0.05, 0.1) is 17.4 Å². The SMILES string of the molecule is COC1CCCC(Oc2ncc(C#N)cc2N)C1. The molecule has 0 aliphatic heterocycles. The molecule has 0 aromatic carbocycles. The number of methoxy groups -OCH3 is 1. The largest absolute Gasteiger partial charge is 0.473 e. The predicted molar refractivity (Wildman–Crippen MR) is 67.0 cm³/mol. The Labute approximate surface area is 107 Å². The fourth-order valence-electron chi connectivity index (χ4n) is 2.21. The van der Waals surface area contributed by atoms with E-state index < -0.39 is 0 Å². The highest BCUT2D eigenvalue weighted by Gasteiger charge is 2.24. The van der Waals surface area contributed by atoms with Gasteiger partial charge in [-0.25, -0.2) is 4.98 Å². The van der Waals surface area contributed by atoms with Gasteiger partial charge in [0.1, 0.15) is 12.2 Å². The van der Waals surface area contributed by atoms with Crippen molar-refractivity contribution in [3.8, 4) is 11.9 Å². The minimum Gasteiger partial charge on any atom is -0.473 e. The predicted octanol–water partition coefficient (Wildman–Crippen LogP) is 1.87. The van der Waals surface area contributed by atoms with Crippen LogP contribution in [0.2, 0.25) is 0 Å². The topological polar surface area (TPSA) is 81.2 Å². The molecule has 1 aromatic rings. The normalized spacial score (nSPS) is 23.3. The first kappa shape index (κ1) is 12.7. The van der Waals surface area contributed by atoms with Gasteiger partial charge in [-0.3, -0.25) is 0 Å². The number of nitrogen functional groups attached to an aromatic ring is 1. The Morgan fingerprint density at radius 2 is 2.22 bits per heavy atom. The Hall–Kier alpha value is -1.80. The second kappa shape index (κ2) is 5.69. The molecule has 1 aromatic heterocycles. The molecular weight excluding hydrogens is 230 g/mol. The van der Waals surface area contributed by atoms with Crippen LogP contribution in [0, 0.1) is 11.3 Å². The number of pyridine rings is 1. The average Bonchev–Trinajstić information content (AvgIpc) is 2.41. The van der Waals surface area contributed by atoms with E-state index in [1.807, 2.05) is 6.07 Å². The van der Waals surface area contributed by atoms with E-state index in [-0.39, 0.29) is 12.2 Å². The molecule has 0 amide bonds. The summed E-state index contributed by atoms with van der Waals surface area (Å²) in [5.41, 5.74) is 6.66. The van der Waals surface area contributed by atoms with Crippen LogP contribution >= 0.6 is 0 Å². The van der Waals surface area contributed by atoms with Gasteiger partial charge in [0, 0.05) is 19.7 Å². The quantitative estimate of drug-likeness (QED) is 0.881. The number of ether oxygens (including phenoxy) is 2. The minimum atomic E-state index is 0.0893. The van der Waals surface area contributed by atoms with E-state index in [0.717, 1.165) is 25.7 Å². The third kappa shape index (κ3) is 2.90. The molecule has 2 rings (SSSR count). The lowest BCUT2D eigenvalue weighted by molar-refractivity contribution is 0.0198. The smallest absolute Gasteiger partial charge is 0.237 e. The number of nitriles is 1. The van der Waals surface area contributed by atoms with Crippen molar-refractivity contribution in [2.45, 2.75) is 37.9 Å². The van der Waals surface area contributed by atoms with Crippen molar-refractivity contribution in [2.75, 3.05) is 12.8 Å². The summed E-state index contributed by atoms with van der Waals surface area (Å²) in [4.78, 5) is 4.08. The Morgan fingerprint density at radius 1 is 1.44 bits per heavy atom. The molecule has 96 valence electrons. The zero-order valence-corrected chi connectivity index (χ0v) is 10.4. The fraction of sp³-hybridized carbons (Fsp3) is 0.538. The molecule has 1 fully saturated rings. The van der Waals surface area contributed by atoms with Crippen molar-refractivity contribution < 1.29 is 9.47 Å². The average molecular weight is 247 g/mol. The minimum absolute atomic E-state index is 0.0893. The Balaban J connectivity index is 2.03. The molecule has 2 unspecified atom stereocenters. The first-order valence-corrected chi connectivity index (χ1v) is 6.08. The molecule has 0 radical (unpaired) electrons. The van der Waals surface area contributed by atoms with Gasteiger partial charge >= 0.3 is 0 Å². The number of hydrogen-bond donors (Lipinski definition) is 1. The summed E-state index contributed by atoms with van der Waals surface area (Å²) in [5, 5.41) is 8.74. The molecule has 5 heteroatoms. The van der Waals surface area contributed by atoms with Crippen LogP contribution in [0.15, 0.2) is 12.3 Å². The van der Waals surface area contributed by atoms with Gasteiger partial charge in [0.2, 0.25) is 5.88 Å². The lowest BCUT2D eigenvalue weighted by Crippen LogP contribution is -2.29. The van der Waals surface area contributed by atoms with Gasteiger partial charge in [-0.15, -0.1) is 0 Å². The van der Waals surface area contributed by atoms with Gasteiger partial charge in [0.15, 0.2) is 0 Å². The summed E-state index contributed by atoms with van der Waals surface area (Å²) in [5.74, 6) is 0.413. The number of hydrogen-bond acceptors (Lipinski definition) is 5. The summed E-state index contributed by atoms with van der Waals surface area (Å²) < 4.78 is 11.1. The van der Waals surface area contributed by atoms with Crippen LogP contribution in [0.5, 0.6) is 5.88 Å². The van der Waals surface area contributed by atoms with Crippen molar-refractivity contribution in [2.24, 2.45) is 0 Å². The van der Waals surface area contributed by atoms with Crippen LogP contribution in [0.1, 0.15) is 31.2 Å². The Bertz CT molecular complexity index is 456. The van der Waals surface area contributed by atoms with E-state index >= 15 is 0 Å². The standard InChI is InChI=1S/C13H17N3O2/c1-17-10-3-2-4-11(6-10)18-13-12(15)5-9(7-14)8-16-13/h5,8,10-11H,2-4,6,15H2,1H3. The number of rotatable bonds is 3. The van der Waals surface area contributed by atoms with Crippen molar-refractivity contribution in [1.82, 2.24) is 4.98 Å². The van der Waals surface area contributed by atoms with Gasteiger partial charge in [-0.2, -0.15) is 5.26 Å². The van der Waals surface area contributed by atoms with Crippen molar-refractivity contribution in [3.05, 3.63) is 17.8 Å². The second-order valence-electron chi connectivity index (χ2n) is 4.49. The van der Waals surface area contributed by atoms with E-state index in [0.29, 0.717) is 17.1 Å². The fourth-order valence-corrected chi connectivity index (χ4v) is 2.21. The van der Waals surface area contributed by atoms with Gasteiger partial charge < -0.3 is 15.2 Å². The van der Waals surface area contributed by atoms with Gasteiger partial charge in [-0.05, 0) is 25.3 Å². The molecular formula is C13H17N3O2. The van der Waals surface area contributed by atoms with E-state index in [4.69, 9.17) is 20.5 Å². The summed E-state index contributed by atoms with van der Waals surface area (Å²) in [6.45, 7) is 0. The third-order valence-electron chi connectivity index (χ3n) is 3.20. The zero-order valence-electron chi connectivity index (χ0n) is 10.4. The van der Waals surface area contributed by atoms with Crippen molar-refractivity contribution in [3.63, 3.8) is 0 Å². The molecule has 2 N–H and O–H groups in total. The van der Waals surface area contributed by atoms with Crippen LogP contribution in [0.4, 0.5) is 5.69 Å². The number of nitrogens with zero attached hydrogens (tertiary/aromatic N) is 2. The van der Waals surface area contributed by atoms with Crippen molar-refractivity contribution in [1.29, 1.82) is 5.26 Å². The molecule has 1 saturated carbocycles. The lowest BCUT2D eigenvalue weighted by Gasteiger charge is -2.28. The molecule has 0 bridgehead atoms. The van der Waals surface area contributed by atoms with E-state index in [9.17, 15) is 0 Å². The van der Waals surface area contributed by atoms with Crippen LogP contribution in [-0.4, -0.2) is 24.3 Å². The highest BCUT2D eigenvalue weighted by molar-refractivity contribution is 5.52. The number of nitrogens with two attached hydrogens (primary N) is 1. The molecule has 5 nitrogen and oxygen atoms in total. The monoisotopic (exact) mass is 247 g/mol. The molecule has 2 atom stereocenters. The first-order chi connectivity index (χ1) is 8.72. The third-order valence-corrected chi connectivity index (χ3v) is 3.20. The van der Waals surface area contributed by atoms with Crippen LogP contribution < -0.4 is 10.5 Å². The molecule has 0 saturated heterocycles. The van der Waals surface area contributed by atoms with Crippen LogP contribution in [-0.2, 0) is 4.74 Å². The number of aromatic nitrogens is 1. The van der Waals surface area contributed by atoms with Crippen LogP contribution in [0.3, 0.4) is 0 Å². The summed E-state index contributed by atoms with van der Waals surface area (Å²) in [6, 6.07) is 3.58. The molecule has 1 aliphatic carbocycles. The zero-order chi connectivity index (χ0) is 13.0. The van der Waals surface area contributed by atoms with Crippen molar-refractivity contribution >= 4 is 5.69 Å². The second-order valence-corrected chi connectivity index (χ2v) is 4.49. The number of anilines is 1. The molecule has 18 heavy (non-hydrogen) atoms.